The quantitative estimate of drug-likeness (QED) is 0.647. The number of rotatable bonds is 1. The van der Waals surface area contributed by atoms with Crippen molar-refractivity contribution in [2.45, 2.75) is 6.42 Å². The Morgan fingerprint density at radius 2 is 1.75 bits per heavy atom. The topological polar surface area (TPSA) is 67.6 Å². The van der Waals surface area contributed by atoms with Gasteiger partial charge >= 0.3 is 5.63 Å². The lowest BCUT2D eigenvalue weighted by atomic mass is 9.99. The summed E-state index contributed by atoms with van der Waals surface area (Å²) in [6, 6.07) is 15.5. The second-order valence-corrected chi connectivity index (χ2v) is 5.63. The number of hydrogen-bond donors (Lipinski definition) is 0. The van der Waals surface area contributed by atoms with Crippen molar-refractivity contribution >= 4 is 28.3 Å². The van der Waals surface area contributed by atoms with E-state index in [0.717, 1.165) is 0 Å². The molecule has 0 atom stereocenters. The molecular weight excluding hydrogens is 306 g/mol. The molecule has 0 saturated carbocycles. The van der Waals surface area contributed by atoms with Crippen LogP contribution in [0, 0.1) is 0 Å². The summed E-state index contributed by atoms with van der Waals surface area (Å²) in [5, 5.41) is 0.682. The minimum absolute atomic E-state index is 0.000181. The molecule has 2 heterocycles. The van der Waals surface area contributed by atoms with Crippen LogP contribution in [0.15, 0.2) is 63.8 Å². The van der Waals surface area contributed by atoms with Crippen LogP contribution in [0.1, 0.15) is 27.1 Å². The van der Waals surface area contributed by atoms with E-state index in [1.54, 1.807) is 48.5 Å². The van der Waals surface area contributed by atoms with E-state index >= 15 is 0 Å². The first kappa shape index (κ1) is 14.4. The van der Waals surface area contributed by atoms with Crippen molar-refractivity contribution in [3.63, 3.8) is 0 Å². The second-order valence-electron chi connectivity index (χ2n) is 5.63. The number of fused-ring (bicyclic) bond motifs is 2. The SMILES string of the molecule is O=C1CCN(C(=O)c2cc3ccccc3oc2=O)c2ccccc21. The van der Waals surface area contributed by atoms with Crippen molar-refractivity contribution in [1.29, 1.82) is 0 Å². The Labute approximate surface area is 137 Å². The third-order valence-corrected chi connectivity index (χ3v) is 4.17. The summed E-state index contributed by atoms with van der Waals surface area (Å²) in [7, 11) is 0. The highest BCUT2D eigenvalue weighted by atomic mass is 16.4. The molecule has 118 valence electrons. The van der Waals surface area contributed by atoms with Crippen LogP contribution in [0.2, 0.25) is 0 Å². The van der Waals surface area contributed by atoms with Gasteiger partial charge in [-0.05, 0) is 24.3 Å². The third kappa shape index (κ3) is 2.22. The average molecular weight is 319 g/mol. The smallest absolute Gasteiger partial charge is 0.349 e. The summed E-state index contributed by atoms with van der Waals surface area (Å²) in [4.78, 5) is 38.6. The van der Waals surface area contributed by atoms with Crippen LogP contribution >= 0.6 is 0 Å². The first-order chi connectivity index (χ1) is 11.6. The number of benzene rings is 2. The van der Waals surface area contributed by atoms with E-state index < -0.39 is 11.5 Å². The number of carbonyl (C=O) groups is 2. The van der Waals surface area contributed by atoms with E-state index in [0.29, 0.717) is 22.2 Å². The highest BCUT2D eigenvalue weighted by Gasteiger charge is 2.29. The minimum Gasteiger partial charge on any atom is -0.422 e. The molecule has 0 radical (unpaired) electrons. The number of Topliss-reactive ketones (excluding diaryl/α,β-unsaturated/α-hetero) is 1. The molecule has 0 saturated heterocycles. The van der Waals surface area contributed by atoms with Gasteiger partial charge in [-0.1, -0.05) is 30.3 Å². The zero-order valence-corrected chi connectivity index (χ0v) is 12.7. The fourth-order valence-electron chi connectivity index (χ4n) is 2.98. The van der Waals surface area contributed by atoms with Crippen LogP contribution in [0.25, 0.3) is 11.0 Å². The molecule has 5 heteroatoms. The molecule has 0 N–H and O–H groups in total. The van der Waals surface area contributed by atoms with Crippen LogP contribution in [0.4, 0.5) is 5.69 Å². The molecule has 1 aromatic heterocycles. The van der Waals surface area contributed by atoms with E-state index in [-0.39, 0.29) is 24.3 Å². The number of hydrogen-bond acceptors (Lipinski definition) is 4. The molecule has 3 aromatic rings. The summed E-state index contributed by atoms with van der Waals surface area (Å²) in [5.74, 6) is -0.449. The van der Waals surface area contributed by atoms with Crippen molar-refractivity contribution < 1.29 is 14.0 Å². The summed E-state index contributed by atoms with van der Waals surface area (Å²) >= 11 is 0. The molecular formula is C19H13NO4. The van der Waals surface area contributed by atoms with E-state index in [9.17, 15) is 14.4 Å². The first-order valence-corrected chi connectivity index (χ1v) is 7.62. The number of nitrogens with zero attached hydrogens (tertiary/aromatic N) is 1. The van der Waals surface area contributed by atoms with Crippen molar-refractivity contribution in [3.05, 3.63) is 76.1 Å². The van der Waals surface area contributed by atoms with Crippen LogP contribution in [-0.4, -0.2) is 18.2 Å². The lowest BCUT2D eigenvalue weighted by molar-refractivity contribution is 0.0953. The van der Waals surface area contributed by atoms with E-state index in [2.05, 4.69) is 0 Å². The molecule has 0 unspecified atom stereocenters. The van der Waals surface area contributed by atoms with Gasteiger partial charge in [0.2, 0.25) is 0 Å². The highest BCUT2D eigenvalue weighted by molar-refractivity contribution is 6.13. The molecule has 2 aromatic carbocycles. The van der Waals surface area contributed by atoms with Gasteiger partial charge in [-0.2, -0.15) is 0 Å². The summed E-state index contributed by atoms with van der Waals surface area (Å²) in [6.45, 7) is 0.251. The van der Waals surface area contributed by atoms with Gasteiger partial charge in [-0.15, -0.1) is 0 Å². The van der Waals surface area contributed by atoms with Gasteiger partial charge in [-0.3, -0.25) is 9.59 Å². The number of anilines is 1. The number of amides is 1. The first-order valence-electron chi connectivity index (χ1n) is 7.62. The number of carbonyl (C=O) groups excluding carboxylic acids is 2. The molecule has 0 spiro atoms. The molecule has 4 rings (SSSR count). The standard InChI is InChI=1S/C19H13NO4/c21-16-9-10-20(15-7-3-2-6-13(15)16)18(22)14-11-12-5-1-4-8-17(12)24-19(14)23/h1-8,11H,9-10H2. The molecule has 0 fully saturated rings. The van der Waals surface area contributed by atoms with Crippen molar-refractivity contribution in [1.82, 2.24) is 0 Å². The van der Waals surface area contributed by atoms with Gasteiger partial charge in [0.1, 0.15) is 11.1 Å². The highest BCUT2D eigenvalue weighted by Crippen LogP contribution is 2.28. The van der Waals surface area contributed by atoms with Crippen molar-refractivity contribution in [2.24, 2.45) is 0 Å². The molecule has 0 bridgehead atoms. The van der Waals surface area contributed by atoms with Gasteiger partial charge < -0.3 is 9.32 Å². The van der Waals surface area contributed by atoms with Gasteiger partial charge in [0.05, 0.1) is 5.69 Å². The van der Waals surface area contributed by atoms with E-state index in [1.165, 1.54) is 4.90 Å². The zero-order chi connectivity index (χ0) is 16.7. The Hall–Kier alpha value is -3.21. The fourth-order valence-corrected chi connectivity index (χ4v) is 2.98. The molecule has 1 aliphatic heterocycles. The van der Waals surface area contributed by atoms with Crippen LogP contribution in [-0.2, 0) is 0 Å². The normalized spacial score (nSPS) is 13.8. The van der Waals surface area contributed by atoms with E-state index in [4.69, 9.17) is 4.42 Å². The summed E-state index contributed by atoms with van der Waals surface area (Å²) < 4.78 is 5.24. The molecule has 24 heavy (non-hydrogen) atoms. The van der Waals surface area contributed by atoms with Crippen LogP contribution < -0.4 is 10.5 Å². The Balaban J connectivity index is 1.83. The fraction of sp³-hybridized carbons (Fsp3) is 0.105. The maximum atomic E-state index is 12.9. The van der Waals surface area contributed by atoms with E-state index in [1.807, 2.05) is 6.07 Å². The Morgan fingerprint density at radius 1 is 1.00 bits per heavy atom. The Morgan fingerprint density at radius 3 is 2.62 bits per heavy atom. The lowest BCUT2D eigenvalue weighted by Crippen LogP contribution is -2.39. The Kier molecular flexibility index (Phi) is 3.27. The average Bonchev–Trinajstić information content (AvgIpc) is 2.61. The molecule has 0 aliphatic carbocycles. The summed E-state index contributed by atoms with van der Waals surface area (Å²) in [5.41, 5.74) is 0.771. The number of para-hydroxylation sites is 2. The largest absolute Gasteiger partial charge is 0.422 e. The number of ketones is 1. The van der Waals surface area contributed by atoms with Gasteiger partial charge in [0.25, 0.3) is 5.91 Å². The third-order valence-electron chi connectivity index (χ3n) is 4.17. The minimum atomic E-state index is -0.673. The lowest BCUT2D eigenvalue weighted by Gasteiger charge is -2.28. The predicted octanol–water partition coefficient (Wildman–Crippen LogP) is 3.03. The van der Waals surface area contributed by atoms with Crippen molar-refractivity contribution in [2.75, 3.05) is 11.4 Å². The van der Waals surface area contributed by atoms with Crippen LogP contribution in [0.5, 0.6) is 0 Å². The summed E-state index contributed by atoms with van der Waals surface area (Å²) in [6.07, 6.45) is 0.238. The zero-order valence-electron chi connectivity index (χ0n) is 12.7. The van der Waals surface area contributed by atoms with Gasteiger partial charge in [0.15, 0.2) is 5.78 Å². The second kappa shape index (κ2) is 5.45. The molecule has 5 nitrogen and oxygen atoms in total. The molecule has 1 aliphatic rings. The monoisotopic (exact) mass is 319 g/mol. The Bertz CT molecular complexity index is 1030. The van der Waals surface area contributed by atoms with Gasteiger partial charge in [-0.25, -0.2) is 4.79 Å². The predicted molar refractivity (Wildman–Crippen MR) is 89.6 cm³/mol. The molecule has 1 amide bonds. The van der Waals surface area contributed by atoms with Gasteiger partial charge in [0, 0.05) is 23.9 Å². The van der Waals surface area contributed by atoms with Crippen LogP contribution in [0.3, 0.4) is 0 Å². The maximum absolute atomic E-state index is 12.9. The maximum Gasteiger partial charge on any atom is 0.349 e. The van der Waals surface area contributed by atoms with Crippen molar-refractivity contribution in [3.8, 4) is 0 Å².